The highest BCUT2D eigenvalue weighted by Crippen LogP contribution is 2.25. The molecule has 1 N–H and O–H groups in total. The van der Waals surface area contributed by atoms with Gasteiger partial charge in [-0.05, 0) is 43.1 Å². The van der Waals surface area contributed by atoms with E-state index < -0.39 is 0 Å². The number of nitrogens with zero attached hydrogens (tertiary/aromatic N) is 2. The van der Waals surface area contributed by atoms with Crippen LogP contribution in [0.5, 0.6) is 0 Å². The van der Waals surface area contributed by atoms with Crippen LogP contribution < -0.4 is 5.32 Å². The van der Waals surface area contributed by atoms with Gasteiger partial charge in [0.05, 0.1) is 0 Å². The van der Waals surface area contributed by atoms with Gasteiger partial charge >= 0.3 is 0 Å². The van der Waals surface area contributed by atoms with Crippen LogP contribution in [-0.4, -0.2) is 27.6 Å². The molecule has 0 radical (unpaired) electrons. The average molecular weight is 334 g/mol. The van der Waals surface area contributed by atoms with Crippen LogP contribution in [-0.2, 0) is 6.54 Å². The van der Waals surface area contributed by atoms with Gasteiger partial charge in [-0.15, -0.1) is 0 Å². The molecular weight excluding hydrogens is 302 g/mol. The van der Waals surface area contributed by atoms with Gasteiger partial charge in [0.25, 0.3) is 0 Å². The molecule has 3 nitrogen and oxygen atoms in total. The van der Waals surface area contributed by atoms with E-state index in [-0.39, 0.29) is 0 Å². The summed E-state index contributed by atoms with van der Waals surface area (Å²) >= 11 is 5.71. The van der Waals surface area contributed by atoms with Crippen molar-refractivity contribution in [2.45, 2.75) is 77.3 Å². The maximum absolute atomic E-state index is 5.71. The van der Waals surface area contributed by atoms with Gasteiger partial charge in [0.15, 0.2) is 5.11 Å². The lowest BCUT2D eigenvalue weighted by Crippen LogP contribution is -2.44. The topological polar surface area (TPSA) is 28.2 Å². The Bertz CT molecular complexity index is 443. The highest BCUT2D eigenvalue weighted by Gasteiger charge is 2.24. The van der Waals surface area contributed by atoms with Crippen LogP contribution in [0.15, 0.2) is 24.5 Å². The molecule has 4 heteroatoms. The van der Waals surface area contributed by atoms with Gasteiger partial charge < -0.3 is 10.2 Å². The maximum Gasteiger partial charge on any atom is 0.169 e. The monoisotopic (exact) mass is 333 g/mol. The fourth-order valence-electron chi connectivity index (χ4n) is 3.30. The summed E-state index contributed by atoms with van der Waals surface area (Å²) in [7, 11) is 0. The summed E-state index contributed by atoms with van der Waals surface area (Å²) in [6.07, 6.45) is 15.5. The highest BCUT2D eigenvalue weighted by atomic mass is 32.1. The molecule has 23 heavy (non-hydrogen) atoms. The summed E-state index contributed by atoms with van der Waals surface area (Å²) in [6.45, 7) is 4.13. The molecule has 0 aliphatic heterocycles. The van der Waals surface area contributed by atoms with E-state index in [1.165, 1.54) is 63.4 Å². The number of thiocarbonyl (C=S) groups is 1. The second-order valence-corrected chi connectivity index (χ2v) is 6.96. The van der Waals surface area contributed by atoms with Crippen molar-refractivity contribution >= 4 is 17.3 Å². The SMILES string of the molecule is CCCCCCCNC(=S)N(Cc1cccnc1)C1CCCC1. The van der Waals surface area contributed by atoms with E-state index in [2.05, 4.69) is 28.2 Å². The van der Waals surface area contributed by atoms with Crippen LogP contribution >= 0.6 is 12.2 Å². The Balaban J connectivity index is 1.82. The van der Waals surface area contributed by atoms with Crippen LogP contribution in [0.4, 0.5) is 0 Å². The summed E-state index contributed by atoms with van der Waals surface area (Å²) < 4.78 is 0. The van der Waals surface area contributed by atoms with E-state index >= 15 is 0 Å². The minimum atomic E-state index is 0.593. The Morgan fingerprint density at radius 3 is 2.74 bits per heavy atom. The Kier molecular flexibility index (Phi) is 8.37. The summed E-state index contributed by atoms with van der Waals surface area (Å²) in [4.78, 5) is 6.63. The molecule has 128 valence electrons. The summed E-state index contributed by atoms with van der Waals surface area (Å²) in [5.41, 5.74) is 1.24. The number of unbranched alkanes of at least 4 members (excludes halogenated alkanes) is 4. The Morgan fingerprint density at radius 1 is 1.26 bits per heavy atom. The highest BCUT2D eigenvalue weighted by molar-refractivity contribution is 7.80. The second kappa shape index (κ2) is 10.6. The van der Waals surface area contributed by atoms with Crippen molar-refractivity contribution in [2.75, 3.05) is 6.54 Å². The lowest BCUT2D eigenvalue weighted by atomic mass is 10.1. The van der Waals surface area contributed by atoms with Crippen molar-refractivity contribution in [3.8, 4) is 0 Å². The normalized spacial score (nSPS) is 14.8. The molecule has 1 fully saturated rings. The molecule has 0 spiro atoms. The Labute approximate surface area is 146 Å². The smallest absolute Gasteiger partial charge is 0.169 e. The van der Waals surface area contributed by atoms with Gasteiger partial charge in [-0.2, -0.15) is 0 Å². The molecule has 0 bridgehead atoms. The fourth-order valence-corrected chi connectivity index (χ4v) is 3.61. The number of nitrogens with one attached hydrogen (secondary N) is 1. The van der Waals surface area contributed by atoms with E-state index in [0.717, 1.165) is 18.2 Å². The Hall–Kier alpha value is -1.16. The van der Waals surface area contributed by atoms with Gasteiger partial charge in [-0.1, -0.05) is 51.5 Å². The number of hydrogen-bond acceptors (Lipinski definition) is 2. The van der Waals surface area contributed by atoms with E-state index in [9.17, 15) is 0 Å². The zero-order valence-electron chi connectivity index (χ0n) is 14.5. The molecule has 1 aliphatic rings. The quantitative estimate of drug-likeness (QED) is 0.525. The summed E-state index contributed by atoms with van der Waals surface area (Å²) in [5, 5.41) is 4.42. The first kappa shape index (κ1) is 18.2. The molecule has 1 aliphatic carbocycles. The van der Waals surface area contributed by atoms with Crippen molar-refractivity contribution in [3.63, 3.8) is 0 Å². The van der Waals surface area contributed by atoms with Gasteiger partial charge in [0.2, 0.25) is 0 Å². The third kappa shape index (κ3) is 6.46. The predicted molar refractivity (Wildman–Crippen MR) is 101 cm³/mol. The van der Waals surface area contributed by atoms with Crippen molar-refractivity contribution in [1.82, 2.24) is 15.2 Å². The van der Waals surface area contributed by atoms with Crippen LogP contribution in [0.2, 0.25) is 0 Å². The van der Waals surface area contributed by atoms with E-state index in [0.29, 0.717) is 6.04 Å². The zero-order chi connectivity index (χ0) is 16.3. The van der Waals surface area contributed by atoms with Crippen molar-refractivity contribution < 1.29 is 0 Å². The molecule has 0 atom stereocenters. The minimum Gasteiger partial charge on any atom is -0.363 e. The van der Waals surface area contributed by atoms with Crippen LogP contribution in [0.3, 0.4) is 0 Å². The molecule has 0 amide bonds. The number of rotatable bonds is 9. The standard InChI is InChI=1S/C19H31N3S/c1-2-3-4-5-8-14-21-19(23)22(18-11-6-7-12-18)16-17-10-9-13-20-15-17/h9-10,13,15,18H,2-8,11-12,14,16H2,1H3,(H,21,23). The van der Waals surface area contributed by atoms with E-state index in [4.69, 9.17) is 12.2 Å². The summed E-state index contributed by atoms with van der Waals surface area (Å²) in [6, 6.07) is 4.74. The number of pyridine rings is 1. The van der Waals surface area contributed by atoms with Crippen molar-refractivity contribution in [1.29, 1.82) is 0 Å². The third-order valence-electron chi connectivity index (χ3n) is 4.66. The molecule has 1 heterocycles. The van der Waals surface area contributed by atoms with Crippen LogP contribution in [0.1, 0.15) is 70.3 Å². The molecule has 1 saturated carbocycles. The van der Waals surface area contributed by atoms with Crippen molar-refractivity contribution in [2.24, 2.45) is 0 Å². The average Bonchev–Trinajstić information content (AvgIpc) is 3.11. The predicted octanol–water partition coefficient (Wildman–Crippen LogP) is 4.67. The van der Waals surface area contributed by atoms with E-state index in [1.807, 2.05) is 18.5 Å². The first-order valence-corrected chi connectivity index (χ1v) is 9.65. The molecule has 0 saturated heterocycles. The molecule has 2 rings (SSSR count). The third-order valence-corrected chi connectivity index (χ3v) is 5.04. The minimum absolute atomic E-state index is 0.593. The first-order valence-electron chi connectivity index (χ1n) is 9.24. The van der Waals surface area contributed by atoms with Crippen molar-refractivity contribution in [3.05, 3.63) is 30.1 Å². The maximum atomic E-state index is 5.71. The first-order chi connectivity index (χ1) is 11.3. The lowest BCUT2D eigenvalue weighted by Gasteiger charge is -2.31. The lowest BCUT2D eigenvalue weighted by molar-refractivity contribution is 0.303. The number of aromatic nitrogens is 1. The fraction of sp³-hybridized carbons (Fsp3) is 0.684. The van der Waals surface area contributed by atoms with E-state index in [1.54, 1.807) is 0 Å². The van der Waals surface area contributed by atoms with Gasteiger partial charge in [-0.25, -0.2) is 0 Å². The number of hydrogen-bond donors (Lipinski definition) is 1. The largest absolute Gasteiger partial charge is 0.363 e. The molecule has 0 unspecified atom stereocenters. The molecular formula is C19H31N3S. The second-order valence-electron chi connectivity index (χ2n) is 6.57. The van der Waals surface area contributed by atoms with Crippen LogP contribution in [0.25, 0.3) is 0 Å². The zero-order valence-corrected chi connectivity index (χ0v) is 15.3. The molecule has 1 aromatic heterocycles. The summed E-state index contributed by atoms with van der Waals surface area (Å²) in [5.74, 6) is 0. The van der Waals surface area contributed by atoms with Gasteiger partial charge in [-0.3, -0.25) is 4.98 Å². The van der Waals surface area contributed by atoms with Gasteiger partial charge in [0, 0.05) is 31.5 Å². The van der Waals surface area contributed by atoms with Crippen LogP contribution in [0, 0.1) is 0 Å². The molecule has 1 aromatic rings. The molecule has 0 aromatic carbocycles. The Morgan fingerprint density at radius 2 is 2.04 bits per heavy atom. The van der Waals surface area contributed by atoms with Gasteiger partial charge in [0.1, 0.15) is 0 Å².